The minimum absolute atomic E-state index is 0.0301. The van der Waals surface area contributed by atoms with E-state index in [1.807, 2.05) is 122 Å². The Labute approximate surface area is 563 Å². The minimum Gasteiger partial charge on any atom is -0.310 e. The van der Waals surface area contributed by atoms with Crippen LogP contribution in [0.2, 0.25) is 0 Å². The molecule has 516 valence electrons. The van der Waals surface area contributed by atoms with E-state index in [2.05, 4.69) is 325 Å². The Morgan fingerprint density at radius 2 is 0.533 bits per heavy atom. The fourth-order valence-electron chi connectivity index (χ4n) is 9.38. The largest absolute Gasteiger partial charge is 0.310 e. The molecule has 8 nitrogen and oxygen atoms in total. The first-order chi connectivity index (χ1) is 41.3. The van der Waals surface area contributed by atoms with Crippen molar-refractivity contribution in [2.24, 2.45) is 0 Å². The maximum Gasteiger partial charge on any atom is 0.0348 e. The molecule has 6 unspecified atom stereocenters. The molecule has 0 rings (SSSR count). The zero-order valence-electron chi connectivity index (χ0n) is 63.2. The van der Waals surface area contributed by atoms with E-state index in [1.165, 1.54) is 0 Å². The molecule has 0 aromatic heterocycles. The molecule has 0 saturated carbocycles. The van der Waals surface area contributed by atoms with E-state index >= 15 is 0 Å². The molecule has 0 aliphatic carbocycles. The van der Waals surface area contributed by atoms with Crippen molar-refractivity contribution in [1.29, 1.82) is 0 Å². The summed E-state index contributed by atoms with van der Waals surface area (Å²) in [4.78, 5) is 9.25. The van der Waals surface area contributed by atoms with Crippen LogP contribution in [0.4, 0.5) is 0 Å². The maximum atomic E-state index is 3.94. The van der Waals surface area contributed by atoms with E-state index in [0.717, 1.165) is 39.3 Å². The lowest BCUT2D eigenvalue weighted by atomic mass is 9.85. The standard InChI is InChI=1S/2C15H27N.C12H21N.C10H19N.C9H15N.C8H15N.C7H13N.C6H11N/c2*1-10-13(4,5)16(14(6,7)11-2)15(8,9)12-3;1-7-10(4)13(11(5)8-2)12(6)9-3;1-7-9(3,4)11-10(5,6)8-2;1-4-7-10(8-5-2)9-6-3;1-5-7(3)9-8(4)6-2;1-4-6-8-7(3)5-2;1-3-5-7-6-4-2/h2*10-12H,1-3H2,4-9H3;7-12H,1-3H2,4-6H3;7-8,11H,1-2H2,3-6H3;4-6H,1-3,7-9H2;5-9H,1-2H2,3-4H3;4-5,7-8H,1-2,6H2,3H3;3-4,7H,1-2,5-6H2. The highest BCUT2D eigenvalue weighted by Crippen LogP contribution is 2.37. The molecule has 0 bridgehead atoms. The molecule has 8 heteroatoms. The fourth-order valence-corrected chi connectivity index (χ4v) is 9.38. The first-order valence-electron chi connectivity index (χ1n) is 31.9. The Morgan fingerprint density at radius 3 is 0.700 bits per heavy atom. The second kappa shape index (κ2) is 54.1. The second-order valence-corrected chi connectivity index (χ2v) is 26.4. The topological polar surface area (TPSA) is 61.1 Å². The van der Waals surface area contributed by atoms with E-state index < -0.39 is 0 Å². The van der Waals surface area contributed by atoms with Crippen molar-refractivity contribution in [1.82, 2.24) is 40.9 Å². The van der Waals surface area contributed by atoms with Crippen LogP contribution in [0, 0.1) is 0 Å². The van der Waals surface area contributed by atoms with Gasteiger partial charge in [0.15, 0.2) is 0 Å². The Balaban J connectivity index is -0.000000144. The van der Waals surface area contributed by atoms with Crippen LogP contribution < -0.4 is 21.3 Å². The summed E-state index contributed by atoms with van der Waals surface area (Å²) < 4.78 is 0. The highest BCUT2D eigenvalue weighted by Gasteiger charge is 2.43. The molecule has 0 aliphatic rings. The summed E-state index contributed by atoms with van der Waals surface area (Å²) >= 11 is 0. The summed E-state index contributed by atoms with van der Waals surface area (Å²) in [5.41, 5.74) is -0.754. The molecule has 0 radical (unpaired) electrons. The Morgan fingerprint density at radius 1 is 0.300 bits per heavy atom. The summed E-state index contributed by atoms with van der Waals surface area (Å²) in [7, 11) is 0. The predicted octanol–water partition coefficient (Wildman–Crippen LogP) is 19.7. The van der Waals surface area contributed by atoms with Crippen molar-refractivity contribution in [2.45, 2.75) is 233 Å². The molecule has 0 aliphatic heterocycles. The third kappa shape index (κ3) is 49.2. The van der Waals surface area contributed by atoms with Crippen LogP contribution in [0.1, 0.15) is 152 Å². The van der Waals surface area contributed by atoms with Gasteiger partial charge >= 0.3 is 0 Å². The van der Waals surface area contributed by atoms with Crippen LogP contribution >= 0.6 is 0 Å². The zero-order valence-corrected chi connectivity index (χ0v) is 63.2. The quantitative estimate of drug-likeness (QED) is 0.0358. The number of nitrogens with one attached hydrogen (secondary N) is 4. The van der Waals surface area contributed by atoms with Gasteiger partial charge in [0.05, 0.1) is 0 Å². The van der Waals surface area contributed by atoms with E-state index in [1.54, 1.807) is 0 Å². The van der Waals surface area contributed by atoms with Crippen LogP contribution in [0.5, 0.6) is 0 Å². The molecule has 0 aromatic rings. The van der Waals surface area contributed by atoms with Crippen molar-refractivity contribution in [2.75, 3.05) is 39.3 Å². The van der Waals surface area contributed by atoms with E-state index in [-0.39, 0.29) is 44.3 Å². The first kappa shape index (κ1) is 101. The smallest absolute Gasteiger partial charge is 0.0348 e. The average Bonchev–Trinajstić information content (AvgIpc) is 0.870. The highest BCUT2D eigenvalue weighted by molar-refractivity contribution is 5.18. The van der Waals surface area contributed by atoms with Gasteiger partial charge in [-0.15, -0.1) is 132 Å². The average molecular weight is 1250 g/mol. The van der Waals surface area contributed by atoms with Crippen LogP contribution in [0.3, 0.4) is 0 Å². The normalized spacial score (nSPS) is 13.4. The summed E-state index contributed by atoms with van der Waals surface area (Å²) in [6.45, 7) is 127. The van der Waals surface area contributed by atoms with Gasteiger partial charge in [0.2, 0.25) is 0 Å². The van der Waals surface area contributed by atoms with Gasteiger partial charge in [0, 0.05) is 120 Å². The molecule has 0 fully saturated rings. The van der Waals surface area contributed by atoms with E-state index in [0.29, 0.717) is 36.3 Å². The van der Waals surface area contributed by atoms with E-state index in [9.17, 15) is 0 Å². The lowest BCUT2D eigenvalue weighted by Crippen LogP contribution is -2.62. The monoisotopic (exact) mass is 1250 g/mol. The van der Waals surface area contributed by atoms with E-state index in [4.69, 9.17) is 0 Å². The van der Waals surface area contributed by atoms with Gasteiger partial charge in [-0.3, -0.25) is 24.9 Å². The molecule has 4 N–H and O–H groups in total. The summed E-state index contributed by atoms with van der Waals surface area (Å²) in [6.07, 6.45) is 38.2. The van der Waals surface area contributed by atoms with Crippen molar-refractivity contribution in [3.8, 4) is 0 Å². The van der Waals surface area contributed by atoms with Gasteiger partial charge in [0.25, 0.3) is 0 Å². The van der Waals surface area contributed by atoms with Gasteiger partial charge in [-0.1, -0.05) is 122 Å². The summed E-state index contributed by atoms with van der Waals surface area (Å²) in [6, 6.07) is 2.19. The van der Waals surface area contributed by atoms with Crippen LogP contribution in [-0.2, 0) is 0 Å². The number of hydrogen-bond acceptors (Lipinski definition) is 8. The maximum absolute atomic E-state index is 3.94. The van der Waals surface area contributed by atoms with Crippen molar-refractivity contribution in [3.05, 3.63) is 253 Å². The number of rotatable bonds is 40. The molecular formula is C82H148N8. The zero-order chi connectivity index (χ0) is 73.0. The SMILES string of the molecule is C=CC(C)(C)N(C(C)(C)C=C)C(C)(C)C=C.C=CC(C)(C)N(C(C)(C)C=C)C(C)(C)C=C.C=CC(C)(C)NC(C)(C)C=C.C=CC(C)N(C(C)C=C)C(C)C=C.C=CC(C)NC(C)C=C.C=CCN(CC=C)CC=C.C=CCNC(C)C=C.C=CCNCC=C. The third-order valence-electron chi connectivity index (χ3n) is 14.5. The summed E-state index contributed by atoms with van der Waals surface area (Å²) in [5, 5.41) is 12.8. The number of hydrogen-bond donors (Lipinski definition) is 4. The third-order valence-corrected chi connectivity index (χ3v) is 14.5. The van der Waals surface area contributed by atoms with Crippen molar-refractivity contribution >= 4 is 0 Å². The van der Waals surface area contributed by atoms with Gasteiger partial charge in [-0.05, 0) is 152 Å². The first-order valence-corrected chi connectivity index (χ1v) is 31.9. The molecule has 0 amide bonds. The van der Waals surface area contributed by atoms with Gasteiger partial charge < -0.3 is 16.0 Å². The van der Waals surface area contributed by atoms with Crippen LogP contribution in [0.15, 0.2) is 253 Å². The molecular weight excluding hydrogens is 1100 g/mol. The van der Waals surface area contributed by atoms with Crippen LogP contribution in [-0.4, -0.2) is 139 Å². The van der Waals surface area contributed by atoms with Crippen molar-refractivity contribution in [3.63, 3.8) is 0 Å². The highest BCUT2D eigenvalue weighted by atomic mass is 15.3. The Hall–Kier alpha value is -5.52. The molecule has 0 heterocycles. The Kier molecular flexibility index (Phi) is 60.5. The lowest BCUT2D eigenvalue weighted by molar-refractivity contribution is 0.00311. The summed E-state index contributed by atoms with van der Waals surface area (Å²) in [5.74, 6) is 0. The van der Waals surface area contributed by atoms with Crippen LogP contribution in [0.25, 0.3) is 0 Å². The fraction of sp³-hybridized carbons (Fsp3) is 0.512. The lowest BCUT2D eigenvalue weighted by Gasteiger charge is -2.54. The van der Waals surface area contributed by atoms with Crippen molar-refractivity contribution < 1.29 is 0 Å². The molecule has 90 heavy (non-hydrogen) atoms. The van der Waals surface area contributed by atoms with Gasteiger partial charge in [-0.2, -0.15) is 0 Å². The van der Waals surface area contributed by atoms with Gasteiger partial charge in [0.1, 0.15) is 0 Å². The van der Waals surface area contributed by atoms with Gasteiger partial charge in [-0.25, -0.2) is 0 Å². The molecule has 0 saturated heterocycles. The molecule has 6 atom stereocenters. The predicted molar refractivity (Wildman–Crippen MR) is 422 cm³/mol. The minimum atomic E-state index is -0.116. The molecule has 0 spiro atoms. The number of nitrogens with zero attached hydrogens (tertiary/aromatic N) is 4. The second-order valence-electron chi connectivity index (χ2n) is 26.4. The molecule has 0 aromatic carbocycles. The Bertz CT molecular complexity index is 1850.